The third kappa shape index (κ3) is 48.3. The van der Waals surface area contributed by atoms with Crippen LogP contribution in [0.4, 0.5) is 0 Å². The number of ether oxygens (including phenoxy) is 1. The van der Waals surface area contributed by atoms with Crippen LogP contribution in [0.2, 0.25) is 0 Å². The van der Waals surface area contributed by atoms with Gasteiger partial charge in [-0.1, -0.05) is 239 Å². The van der Waals surface area contributed by atoms with E-state index in [2.05, 4.69) is 45.3 Å². The number of aliphatic hydroxyl groups excluding tert-OH is 4. The Balaban J connectivity index is 0.000000582. The van der Waals surface area contributed by atoms with Crippen LogP contribution in [0.25, 0.3) is 0 Å². The van der Waals surface area contributed by atoms with E-state index in [9.17, 15) is 9.90 Å². The highest BCUT2D eigenvalue weighted by Gasteiger charge is 2.21. The molecule has 12 nitrogen and oxygen atoms in total. The average molecular weight is 1100 g/mol. The SMILES string of the molecule is CCCCCCCCCCCCCCCCCC(=O)N1CCN(CCO)CC1.CCCCCCCCCCCCCCCCCCN1CCN(CCO)CC1.CCCCCCCCOCC(O)CN1CCN(CCO)CC1. The fraction of sp³-hybridized carbons (Fsp3) is 0.985. The molecule has 4 N–H and O–H groups in total. The Labute approximate surface area is 478 Å². The van der Waals surface area contributed by atoms with Gasteiger partial charge in [-0.05, 0) is 25.8 Å². The Kier molecular flexibility index (Phi) is 56.1. The number of hydrogen-bond acceptors (Lipinski definition) is 11. The van der Waals surface area contributed by atoms with Gasteiger partial charge in [-0.3, -0.25) is 24.4 Å². The Morgan fingerprint density at radius 3 is 0.961 bits per heavy atom. The monoisotopic (exact) mass is 1100 g/mol. The molecule has 3 fully saturated rings. The molecule has 3 aliphatic heterocycles. The number of carbonyl (C=O) groups is 1. The quantitative estimate of drug-likeness (QED) is 0.0435. The molecule has 77 heavy (non-hydrogen) atoms. The highest BCUT2D eigenvalue weighted by Crippen LogP contribution is 2.17. The first kappa shape index (κ1) is 74.1. The van der Waals surface area contributed by atoms with Crippen molar-refractivity contribution >= 4 is 5.91 Å². The maximum atomic E-state index is 12.3. The lowest BCUT2D eigenvalue weighted by molar-refractivity contribution is -0.133. The van der Waals surface area contributed by atoms with Crippen molar-refractivity contribution in [2.24, 2.45) is 0 Å². The minimum absolute atomic E-state index is 0.215. The Morgan fingerprint density at radius 2 is 0.623 bits per heavy atom. The number of unbranched alkanes of at least 4 members (excludes halogenated alkanes) is 34. The third-order valence-electron chi connectivity index (χ3n) is 16.6. The van der Waals surface area contributed by atoms with Gasteiger partial charge in [-0.25, -0.2) is 0 Å². The van der Waals surface area contributed by atoms with Gasteiger partial charge in [0.25, 0.3) is 0 Å². The van der Waals surface area contributed by atoms with Crippen molar-refractivity contribution in [2.45, 2.75) is 271 Å². The maximum absolute atomic E-state index is 12.3. The summed E-state index contributed by atoms with van der Waals surface area (Å²) < 4.78 is 5.58. The molecule has 0 saturated carbocycles. The normalized spacial score (nSPS) is 16.6. The number of rotatable bonds is 50. The lowest BCUT2D eigenvalue weighted by atomic mass is 10.0. The van der Waals surface area contributed by atoms with E-state index in [1.54, 1.807) is 0 Å². The first-order valence-corrected chi connectivity index (χ1v) is 33.9. The summed E-state index contributed by atoms with van der Waals surface area (Å²) in [5, 5.41) is 36.9. The van der Waals surface area contributed by atoms with E-state index in [0.29, 0.717) is 25.7 Å². The van der Waals surface area contributed by atoms with Crippen LogP contribution in [-0.2, 0) is 9.53 Å². The number of nitrogens with zero attached hydrogens (tertiary/aromatic N) is 6. The van der Waals surface area contributed by atoms with Gasteiger partial charge in [-0.2, -0.15) is 0 Å². The Hall–Kier alpha value is -0.930. The Morgan fingerprint density at radius 1 is 0.351 bits per heavy atom. The molecule has 3 heterocycles. The zero-order chi connectivity index (χ0) is 55.8. The fourth-order valence-electron chi connectivity index (χ4n) is 11.3. The van der Waals surface area contributed by atoms with Gasteiger partial charge in [0.1, 0.15) is 0 Å². The van der Waals surface area contributed by atoms with E-state index in [1.807, 2.05) is 4.90 Å². The molecule has 3 rings (SSSR count). The number of amides is 1. The number of hydrogen-bond donors (Lipinski definition) is 4. The molecule has 3 aliphatic rings. The van der Waals surface area contributed by atoms with Gasteiger partial charge in [0.15, 0.2) is 0 Å². The fourth-order valence-corrected chi connectivity index (χ4v) is 11.3. The molecule has 3 saturated heterocycles. The summed E-state index contributed by atoms with van der Waals surface area (Å²) in [7, 11) is 0. The molecule has 460 valence electrons. The number of carbonyl (C=O) groups excluding carboxylic acids is 1. The van der Waals surface area contributed by atoms with Crippen LogP contribution in [0.5, 0.6) is 0 Å². The van der Waals surface area contributed by atoms with Gasteiger partial charge in [0, 0.05) is 118 Å². The molecule has 1 amide bonds. The zero-order valence-corrected chi connectivity index (χ0v) is 51.8. The standard InChI is InChI=1S/C24H48N2O2.C24H50N2O.C17H36N2O3/c1-2-3-4-5-6-7-8-9-10-11-12-13-14-15-16-17-24(28)26-20-18-25(19-21-26)22-23-27;1-2-3-4-5-6-7-8-9-10-11-12-13-14-15-16-17-18-25-19-21-26(22-20-25)23-24-27;1-2-3-4-5-6-7-14-22-16-17(21)15-19-10-8-18(9-11-19)12-13-20/h27H,2-23H2,1H3;27H,2-24H2,1H3;17,20-21H,2-16H2,1H3. The van der Waals surface area contributed by atoms with E-state index >= 15 is 0 Å². The van der Waals surface area contributed by atoms with Crippen molar-refractivity contribution in [2.75, 3.05) is 144 Å². The van der Waals surface area contributed by atoms with E-state index in [0.717, 1.165) is 111 Å². The second-order valence-corrected chi connectivity index (χ2v) is 23.7. The van der Waals surface area contributed by atoms with E-state index in [4.69, 9.17) is 20.1 Å². The number of piperazine rings is 3. The largest absolute Gasteiger partial charge is 0.395 e. The van der Waals surface area contributed by atoms with Gasteiger partial charge in [-0.15, -0.1) is 0 Å². The van der Waals surface area contributed by atoms with E-state index < -0.39 is 0 Å². The molecular weight excluding hydrogens is 961 g/mol. The first-order valence-electron chi connectivity index (χ1n) is 33.9. The zero-order valence-electron chi connectivity index (χ0n) is 51.8. The molecule has 0 bridgehead atoms. The predicted molar refractivity (Wildman–Crippen MR) is 329 cm³/mol. The molecule has 0 radical (unpaired) electrons. The average Bonchev–Trinajstić information content (AvgIpc) is 3.44. The molecule has 0 aromatic rings. The van der Waals surface area contributed by atoms with Crippen LogP contribution in [0.1, 0.15) is 265 Å². The molecule has 0 aromatic carbocycles. The van der Waals surface area contributed by atoms with Gasteiger partial charge in [0.2, 0.25) is 5.91 Å². The lowest BCUT2D eigenvalue weighted by Gasteiger charge is -2.35. The molecule has 0 aromatic heterocycles. The summed E-state index contributed by atoms with van der Waals surface area (Å²) in [6.07, 6.45) is 51.5. The van der Waals surface area contributed by atoms with Crippen molar-refractivity contribution in [3.05, 3.63) is 0 Å². The maximum Gasteiger partial charge on any atom is 0.222 e. The van der Waals surface area contributed by atoms with Gasteiger partial charge in [0.05, 0.1) is 32.5 Å². The number of aliphatic hydroxyl groups is 4. The topological polar surface area (TPSA) is 127 Å². The summed E-state index contributed by atoms with van der Waals surface area (Å²) in [5.41, 5.74) is 0. The summed E-state index contributed by atoms with van der Waals surface area (Å²) in [6.45, 7) is 25.1. The smallest absolute Gasteiger partial charge is 0.222 e. The first-order chi connectivity index (χ1) is 37.9. The van der Waals surface area contributed by atoms with Crippen molar-refractivity contribution in [1.29, 1.82) is 0 Å². The predicted octanol–water partition coefficient (Wildman–Crippen LogP) is 12.6. The van der Waals surface area contributed by atoms with Crippen LogP contribution < -0.4 is 0 Å². The highest BCUT2D eigenvalue weighted by atomic mass is 16.5. The minimum Gasteiger partial charge on any atom is -0.395 e. The van der Waals surface area contributed by atoms with Crippen LogP contribution >= 0.6 is 0 Å². The molecule has 12 heteroatoms. The second kappa shape index (κ2) is 58.3. The molecular formula is C65H134N6O6. The van der Waals surface area contributed by atoms with Crippen LogP contribution in [0.3, 0.4) is 0 Å². The van der Waals surface area contributed by atoms with Crippen molar-refractivity contribution in [3.8, 4) is 0 Å². The van der Waals surface area contributed by atoms with Crippen LogP contribution in [0.15, 0.2) is 0 Å². The van der Waals surface area contributed by atoms with Crippen molar-refractivity contribution in [1.82, 2.24) is 29.4 Å². The molecule has 1 unspecified atom stereocenters. The van der Waals surface area contributed by atoms with E-state index in [1.165, 1.54) is 244 Å². The summed E-state index contributed by atoms with van der Waals surface area (Å²) in [6, 6.07) is 0. The second-order valence-electron chi connectivity index (χ2n) is 23.7. The molecule has 0 spiro atoms. The summed E-state index contributed by atoms with van der Waals surface area (Å²) in [5.74, 6) is 0.332. The lowest BCUT2D eigenvalue weighted by Crippen LogP contribution is -2.49. The van der Waals surface area contributed by atoms with Crippen LogP contribution in [-0.4, -0.2) is 206 Å². The van der Waals surface area contributed by atoms with Crippen molar-refractivity contribution < 1.29 is 30.0 Å². The number of β-amino-alcohol motifs (C(OH)–C–C–N with tert-alkyl or cyclic N) is 4. The third-order valence-corrected chi connectivity index (χ3v) is 16.6. The minimum atomic E-state index is -0.385. The molecule has 0 aliphatic carbocycles. The van der Waals surface area contributed by atoms with Gasteiger partial charge >= 0.3 is 0 Å². The summed E-state index contributed by atoms with van der Waals surface area (Å²) in [4.78, 5) is 26.0. The van der Waals surface area contributed by atoms with Crippen LogP contribution in [0, 0.1) is 0 Å². The van der Waals surface area contributed by atoms with Gasteiger partial charge < -0.3 is 35.0 Å². The molecule has 1 atom stereocenters. The van der Waals surface area contributed by atoms with E-state index in [-0.39, 0.29) is 19.3 Å². The highest BCUT2D eigenvalue weighted by molar-refractivity contribution is 5.76. The van der Waals surface area contributed by atoms with Crippen molar-refractivity contribution in [3.63, 3.8) is 0 Å². The summed E-state index contributed by atoms with van der Waals surface area (Å²) >= 11 is 0. The Bertz CT molecular complexity index is 1170.